The van der Waals surface area contributed by atoms with Gasteiger partial charge in [0.05, 0.1) is 38.6 Å². The van der Waals surface area contributed by atoms with Crippen LogP contribution in [0.4, 0.5) is 11.4 Å². The van der Waals surface area contributed by atoms with Gasteiger partial charge in [-0.2, -0.15) is 0 Å². The predicted octanol–water partition coefficient (Wildman–Crippen LogP) is 2.90. The highest BCUT2D eigenvalue weighted by Gasteiger charge is 2.42. The van der Waals surface area contributed by atoms with Crippen molar-refractivity contribution in [2.75, 3.05) is 50.2 Å². The molecule has 7 heteroatoms. The van der Waals surface area contributed by atoms with Crippen LogP contribution in [0.25, 0.3) is 0 Å². The lowest BCUT2D eigenvalue weighted by Crippen LogP contribution is -2.19. The minimum Gasteiger partial charge on any atom is -0.382 e. The van der Waals surface area contributed by atoms with Crippen molar-refractivity contribution in [1.29, 1.82) is 0 Å². The Hall–Kier alpha value is -2.16. The Bertz CT molecular complexity index is 800. The Kier molecular flexibility index (Phi) is 5.29. The van der Waals surface area contributed by atoms with Gasteiger partial charge in [0.25, 0.3) is 0 Å². The molecule has 2 N–H and O–H groups in total. The molecular weight excluding hydrogens is 396 g/mol. The van der Waals surface area contributed by atoms with Crippen molar-refractivity contribution in [3.05, 3.63) is 59.7 Å². The summed E-state index contributed by atoms with van der Waals surface area (Å²) in [6.45, 7) is 4.88. The van der Waals surface area contributed by atoms with E-state index >= 15 is 0 Å². The molecule has 4 fully saturated rings. The van der Waals surface area contributed by atoms with E-state index in [-0.39, 0.29) is 24.4 Å². The molecule has 0 aliphatic carbocycles. The molecule has 2 aromatic carbocycles. The third kappa shape index (κ3) is 5.19. The molecule has 4 aliphatic rings. The fraction of sp³-hybridized carbons (Fsp3) is 0.500. The first kappa shape index (κ1) is 19.5. The molecule has 0 spiro atoms. The quantitative estimate of drug-likeness (QED) is 0.507. The highest BCUT2D eigenvalue weighted by molar-refractivity contribution is 5.46. The van der Waals surface area contributed by atoms with E-state index in [1.807, 2.05) is 0 Å². The van der Waals surface area contributed by atoms with Crippen molar-refractivity contribution < 1.29 is 23.7 Å². The van der Waals surface area contributed by atoms with E-state index in [2.05, 4.69) is 59.2 Å². The number of epoxide rings is 4. The molecule has 0 bridgehead atoms. The molecule has 6 rings (SSSR count). The summed E-state index contributed by atoms with van der Waals surface area (Å²) >= 11 is 0. The molecule has 4 heterocycles. The summed E-state index contributed by atoms with van der Waals surface area (Å²) in [6, 6.07) is 16.9. The number of nitrogens with one attached hydrogen (secondary N) is 2. The number of rotatable bonds is 12. The summed E-state index contributed by atoms with van der Waals surface area (Å²) in [4.78, 5) is 0. The normalized spacial score (nSPS) is 29.7. The van der Waals surface area contributed by atoms with Crippen LogP contribution in [-0.2, 0) is 23.7 Å². The molecule has 4 aliphatic heterocycles. The summed E-state index contributed by atoms with van der Waals surface area (Å²) in [5.41, 5.74) is 4.45. The molecule has 7 nitrogen and oxygen atoms in total. The highest BCUT2D eigenvalue weighted by Crippen LogP contribution is 2.40. The van der Waals surface area contributed by atoms with Crippen molar-refractivity contribution in [3.63, 3.8) is 0 Å². The van der Waals surface area contributed by atoms with Gasteiger partial charge >= 0.3 is 0 Å². The van der Waals surface area contributed by atoms with Crippen LogP contribution in [0.15, 0.2) is 48.5 Å². The van der Waals surface area contributed by atoms with Gasteiger partial charge in [-0.05, 0) is 35.4 Å². The molecule has 2 aromatic rings. The fourth-order valence-corrected chi connectivity index (χ4v) is 3.80. The van der Waals surface area contributed by atoms with E-state index in [0.29, 0.717) is 12.2 Å². The van der Waals surface area contributed by atoms with Gasteiger partial charge in [-0.25, -0.2) is 0 Å². The molecule has 4 saturated heterocycles. The van der Waals surface area contributed by atoms with Crippen LogP contribution in [0.5, 0.6) is 0 Å². The van der Waals surface area contributed by atoms with E-state index in [0.717, 1.165) is 62.0 Å². The number of anilines is 2. The Morgan fingerprint density at radius 1 is 0.645 bits per heavy atom. The third-order valence-electron chi connectivity index (χ3n) is 6.04. The minimum atomic E-state index is -0.111. The largest absolute Gasteiger partial charge is 0.382 e. The zero-order valence-corrected chi connectivity index (χ0v) is 17.4. The van der Waals surface area contributed by atoms with Gasteiger partial charge in [0, 0.05) is 24.5 Å². The van der Waals surface area contributed by atoms with Gasteiger partial charge < -0.3 is 34.3 Å². The van der Waals surface area contributed by atoms with Gasteiger partial charge in [-0.15, -0.1) is 0 Å². The summed E-state index contributed by atoms with van der Waals surface area (Å²) in [5.74, 6) is 0. The average Bonchev–Trinajstić information content (AvgIpc) is 3.66. The van der Waals surface area contributed by atoms with Gasteiger partial charge in [-0.3, -0.25) is 0 Å². The third-order valence-corrected chi connectivity index (χ3v) is 6.04. The summed E-state index contributed by atoms with van der Waals surface area (Å²) < 4.78 is 28.4. The first-order valence-corrected chi connectivity index (χ1v) is 11.1. The predicted molar refractivity (Wildman–Crippen MR) is 115 cm³/mol. The standard InChI is InChI=1S/C24H28N2O5/c1-5-17(25-9-19-11-27-19)6-2-15(1)23(21-13-29-21)31-24(22-14-30-22)16-3-7-18(8-4-16)26-10-20-12-28-20/h1-8,19-26H,9-14H2. The van der Waals surface area contributed by atoms with Crippen LogP contribution in [0.2, 0.25) is 0 Å². The van der Waals surface area contributed by atoms with Crippen LogP contribution in [0.1, 0.15) is 23.3 Å². The fourth-order valence-electron chi connectivity index (χ4n) is 3.80. The van der Waals surface area contributed by atoms with E-state index in [4.69, 9.17) is 23.7 Å². The lowest BCUT2D eigenvalue weighted by Gasteiger charge is -2.24. The van der Waals surface area contributed by atoms with Crippen LogP contribution < -0.4 is 10.6 Å². The van der Waals surface area contributed by atoms with Gasteiger partial charge in [0.2, 0.25) is 0 Å². The second-order valence-corrected chi connectivity index (χ2v) is 8.64. The highest BCUT2D eigenvalue weighted by atomic mass is 16.6. The molecule has 31 heavy (non-hydrogen) atoms. The zero-order valence-electron chi connectivity index (χ0n) is 17.4. The number of ether oxygens (including phenoxy) is 5. The van der Waals surface area contributed by atoms with Crippen LogP contribution in [-0.4, -0.2) is 63.9 Å². The molecule has 6 unspecified atom stereocenters. The van der Waals surface area contributed by atoms with E-state index in [9.17, 15) is 0 Å². The Labute approximate surface area is 182 Å². The van der Waals surface area contributed by atoms with Crippen molar-refractivity contribution >= 4 is 11.4 Å². The first-order chi connectivity index (χ1) is 15.3. The van der Waals surface area contributed by atoms with Crippen molar-refractivity contribution in [1.82, 2.24) is 0 Å². The maximum absolute atomic E-state index is 6.64. The average molecular weight is 424 g/mol. The minimum absolute atomic E-state index is 0.0967. The second kappa shape index (κ2) is 8.41. The van der Waals surface area contributed by atoms with E-state index in [1.165, 1.54) is 0 Å². The Balaban J connectivity index is 1.13. The molecular formula is C24H28N2O5. The first-order valence-electron chi connectivity index (χ1n) is 11.1. The van der Waals surface area contributed by atoms with E-state index in [1.54, 1.807) is 0 Å². The van der Waals surface area contributed by atoms with Crippen LogP contribution in [0, 0.1) is 0 Å². The second-order valence-electron chi connectivity index (χ2n) is 8.64. The molecule has 0 amide bonds. The summed E-state index contributed by atoms with van der Waals surface area (Å²) in [5, 5.41) is 6.82. The number of benzene rings is 2. The number of hydrogen-bond donors (Lipinski definition) is 2. The lowest BCUT2D eigenvalue weighted by atomic mass is 10.0. The molecule has 0 radical (unpaired) electrons. The molecule has 164 valence electrons. The number of hydrogen-bond acceptors (Lipinski definition) is 7. The molecule has 6 atom stereocenters. The smallest absolute Gasteiger partial charge is 0.112 e. The topological polar surface area (TPSA) is 83.4 Å². The van der Waals surface area contributed by atoms with E-state index < -0.39 is 0 Å². The van der Waals surface area contributed by atoms with Gasteiger partial charge in [0.1, 0.15) is 24.4 Å². The summed E-state index contributed by atoms with van der Waals surface area (Å²) in [6.07, 6.45) is 0.690. The van der Waals surface area contributed by atoms with Gasteiger partial charge in [-0.1, -0.05) is 24.3 Å². The summed E-state index contributed by atoms with van der Waals surface area (Å²) in [7, 11) is 0. The zero-order chi connectivity index (χ0) is 20.6. The van der Waals surface area contributed by atoms with Crippen molar-refractivity contribution in [2.24, 2.45) is 0 Å². The van der Waals surface area contributed by atoms with Crippen LogP contribution >= 0.6 is 0 Å². The van der Waals surface area contributed by atoms with Gasteiger partial charge in [0.15, 0.2) is 0 Å². The molecule has 0 saturated carbocycles. The van der Waals surface area contributed by atoms with Crippen LogP contribution in [0.3, 0.4) is 0 Å². The van der Waals surface area contributed by atoms with Crippen molar-refractivity contribution in [2.45, 2.75) is 36.6 Å². The Morgan fingerprint density at radius 3 is 1.35 bits per heavy atom. The lowest BCUT2D eigenvalue weighted by molar-refractivity contribution is -0.0418. The molecule has 0 aromatic heterocycles. The maximum atomic E-state index is 6.64. The van der Waals surface area contributed by atoms with Crippen molar-refractivity contribution in [3.8, 4) is 0 Å². The maximum Gasteiger partial charge on any atom is 0.112 e. The Morgan fingerprint density at radius 2 is 1.03 bits per heavy atom. The monoisotopic (exact) mass is 424 g/mol. The SMILES string of the molecule is c1cc(C(OC(c2ccc(NCC3CO3)cc2)C2CO2)C2CO2)ccc1NCC1CO1.